The van der Waals surface area contributed by atoms with Crippen LogP contribution in [-0.2, 0) is 0 Å². The molecule has 0 aliphatic carbocycles. The Balaban J connectivity index is 1.79. The number of carbonyl (C=O) groups is 1. The van der Waals surface area contributed by atoms with Gasteiger partial charge >= 0.3 is 0 Å². The third kappa shape index (κ3) is 2.67. The first kappa shape index (κ1) is 12.4. The second-order valence-electron chi connectivity index (χ2n) is 3.82. The van der Waals surface area contributed by atoms with Crippen LogP contribution in [0.5, 0.6) is 0 Å². The fourth-order valence-electron chi connectivity index (χ4n) is 1.54. The summed E-state index contributed by atoms with van der Waals surface area (Å²) in [6, 6.07) is 3.43. The van der Waals surface area contributed by atoms with Crippen LogP contribution in [0.4, 0.5) is 5.69 Å². The predicted octanol–water partition coefficient (Wildman–Crippen LogP) is 2.25. The molecule has 0 spiro atoms. The largest absolute Gasteiger partial charge is 0.321 e. The van der Waals surface area contributed by atoms with Crippen molar-refractivity contribution in [2.45, 2.75) is 0 Å². The van der Waals surface area contributed by atoms with Crippen LogP contribution in [0.2, 0.25) is 0 Å². The molecule has 3 heterocycles. The second-order valence-corrected chi connectivity index (χ2v) is 4.68. The normalized spacial score (nSPS) is 10.2. The van der Waals surface area contributed by atoms with Gasteiger partial charge in [0.05, 0.1) is 6.20 Å². The van der Waals surface area contributed by atoms with E-state index in [2.05, 4.69) is 25.3 Å². The van der Waals surface area contributed by atoms with E-state index < -0.39 is 0 Å². The van der Waals surface area contributed by atoms with E-state index in [1.807, 2.05) is 0 Å². The fourth-order valence-corrected chi connectivity index (χ4v) is 2.30. The number of carbonyl (C=O) groups excluding carboxylic acids is 1. The summed E-state index contributed by atoms with van der Waals surface area (Å²) < 4.78 is 0. The monoisotopic (exact) mass is 283 g/mol. The average Bonchev–Trinajstić information content (AvgIpc) is 2.99. The molecule has 0 atom stereocenters. The van der Waals surface area contributed by atoms with Gasteiger partial charge in [-0.05, 0) is 12.1 Å². The van der Waals surface area contributed by atoms with Crippen LogP contribution in [0.3, 0.4) is 0 Å². The molecule has 6 nitrogen and oxygen atoms in total. The number of anilines is 1. The summed E-state index contributed by atoms with van der Waals surface area (Å²) in [4.78, 5) is 28.3. The SMILES string of the molecule is O=C(Nc1ccncc1)c1csc(-c2cnccn2)n1. The van der Waals surface area contributed by atoms with Gasteiger partial charge in [-0.15, -0.1) is 11.3 Å². The molecule has 0 aromatic carbocycles. The van der Waals surface area contributed by atoms with Crippen LogP contribution in [0.1, 0.15) is 10.5 Å². The highest BCUT2D eigenvalue weighted by Gasteiger charge is 2.12. The summed E-state index contributed by atoms with van der Waals surface area (Å²) in [6.45, 7) is 0. The minimum atomic E-state index is -0.261. The Labute approximate surface area is 118 Å². The molecule has 0 aliphatic heterocycles. The maximum Gasteiger partial charge on any atom is 0.275 e. The summed E-state index contributed by atoms with van der Waals surface area (Å²) >= 11 is 1.35. The van der Waals surface area contributed by atoms with E-state index in [-0.39, 0.29) is 5.91 Å². The molecule has 0 saturated heterocycles. The van der Waals surface area contributed by atoms with Crippen LogP contribution in [0.15, 0.2) is 48.5 Å². The number of hydrogen-bond acceptors (Lipinski definition) is 6. The van der Waals surface area contributed by atoms with Crippen LogP contribution >= 0.6 is 11.3 Å². The molecule has 0 unspecified atom stereocenters. The summed E-state index contributed by atoms with van der Waals surface area (Å²) in [7, 11) is 0. The zero-order valence-electron chi connectivity index (χ0n) is 10.2. The molecule has 0 radical (unpaired) electrons. The van der Waals surface area contributed by atoms with Gasteiger partial charge in [-0.25, -0.2) is 4.98 Å². The Kier molecular flexibility index (Phi) is 3.42. The predicted molar refractivity (Wildman–Crippen MR) is 75.3 cm³/mol. The first-order chi connectivity index (χ1) is 9.83. The number of thiazole rings is 1. The number of rotatable bonds is 3. The number of pyridine rings is 1. The first-order valence-electron chi connectivity index (χ1n) is 5.76. The van der Waals surface area contributed by atoms with Gasteiger partial charge in [-0.3, -0.25) is 19.7 Å². The maximum absolute atomic E-state index is 12.0. The van der Waals surface area contributed by atoms with E-state index in [0.717, 1.165) is 0 Å². The highest BCUT2D eigenvalue weighted by Crippen LogP contribution is 2.21. The number of nitrogens with one attached hydrogen (secondary N) is 1. The molecular formula is C13H9N5OS. The van der Waals surface area contributed by atoms with Crippen molar-refractivity contribution < 1.29 is 4.79 Å². The van der Waals surface area contributed by atoms with Crippen molar-refractivity contribution in [1.82, 2.24) is 19.9 Å². The maximum atomic E-state index is 12.0. The van der Waals surface area contributed by atoms with Gasteiger partial charge in [-0.1, -0.05) is 0 Å². The number of amides is 1. The molecule has 20 heavy (non-hydrogen) atoms. The van der Waals surface area contributed by atoms with Gasteiger partial charge in [0.1, 0.15) is 16.4 Å². The minimum Gasteiger partial charge on any atom is -0.321 e. The van der Waals surface area contributed by atoms with E-state index in [4.69, 9.17) is 0 Å². The third-order valence-electron chi connectivity index (χ3n) is 2.46. The molecule has 3 aromatic heterocycles. The van der Waals surface area contributed by atoms with Crippen molar-refractivity contribution in [2.24, 2.45) is 0 Å². The Morgan fingerprint density at radius 3 is 2.70 bits per heavy atom. The zero-order chi connectivity index (χ0) is 13.8. The summed E-state index contributed by atoms with van der Waals surface area (Å²) in [5.74, 6) is -0.261. The molecular weight excluding hydrogens is 274 g/mol. The van der Waals surface area contributed by atoms with Crippen LogP contribution < -0.4 is 5.32 Å². The van der Waals surface area contributed by atoms with Gasteiger partial charge in [0, 0.05) is 35.9 Å². The van der Waals surface area contributed by atoms with Gasteiger partial charge in [-0.2, -0.15) is 0 Å². The van der Waals surface area contributed by atoms with E-state index in [1.54, 1.807) is 48.5 Å². The van der Waals surface area contributed by atoms with E-state index >= 15 is 0 Å². The molecule has 0 aliphatic rings. The third-order valence-corrected chi connectivity index (χ3v) is 3.32. The molecule has 3 rings (SSSR count). The standard InChI is InChI=1S/C13H9N5OS/c19-12(17-9-1-3-14-4-2-9)11-8-20-13(18-11)10-7-15-5-6-16-10/h1-8H,(H,14,17,19). The molecule has 0 saturated carbocycles. The summed E-state index contributed by atoms with van der Waals surface area (Å²) in [5, 5.41) is 5.11. The fraction of sp³-hybridized carbons (Fsp3) is 0. The Morgan fingerprint density at radius 1 is 1.10 bits per heavy atom. The highest BCUT2D eigenvalue weighted by atomic mass is 32.1. The average molecular weight is 283 g/mol. The zero-order valence-corrected chi connectivity index (χ0v) is 11.0. The Morgan fingerprint density at radius 2 is 1.95 bits per heavy atom. The molecule has 98 valence electrons. The lowest BCUT2D eigenvalue weighted by Gasteiger charge is -2.01. The highest BCUT2D eigenvalue weighted by molar-refractivity contribution is 7.13. The van der Waals surface area contributed by atoms with Crippen LogP contribution in [0, 0.1) is 0 Å². The smallest absolute Gasteiger partial charge is 0.275 e. The lowest BCUT2D eigenvalue weighted by Crippen LogP contribution is -2.12. The topological polar surface area (TPSA) is 80.7 Å². The summed E-state index contributed by atoms with van der Waals surface area (Å²) in [6.07, 6.45) is 8.02. The van der Waals surface area contributed by atoms with Gasteiger partial charge in [0.15, 0.2) is 0 Å². The van der Waals surface area contributed by atoms with E-state index in [1.165, 1.54) is 11.3 Å². The summed E-state index contributed by atoms with van der Waals surface area (Å²) in [5.41, 5.74) is 1.69. The first-order valence-corrected chi connectivity index (χ1v) is 6.64. The van der Waals surface area contributed by atoms with Crippen molar-refractivity contribution in [2.75, 3.05) is 5.32 Å². The van der Waals surface area contributed by atoms with Crippen molar-refractivity contribution in [3.8, 4) is 10.7 Å². The van der Waals surface area contributed by atoms with Crippen molar-refractivity contribution in [3.05, 3.63) is 54.2 Å². The molecule has 1 amide bonds. The minimum absolute atomic E-state index is 0.261. The molecule has 3 aromatic rings. The second kappa shape index (κ2) is 5.54. The Hall–Kier alpha value is -2.67. The molecule has 7 heteroatoms. The lowest BCUT2D eigenvalue weighted by molar-refractivity contribution is 0.102. The lowest BCUT2D eigenvalue weighted by atomic mass is 10.3. The van der Waals surface area contributed by atoms with Gasteiger partial charge < -0.3 is 5.32 Å². The molecule has 0 bridgehead atoms. The van der Waals surface area contributed by atoms with Gasteiger partial charge in [0.2, 0.25) is 0 Å². The van der Waals surface area contributed by atoms with Crippen molar-refractivity contribution >= 4 is 22.9 Å². The van der Waals surface area contributed by atoms with E-state index in [0.29, 0.717) is 22.1 Å². The number of nitrogens with zero attached hydrogens (tertiary/aromatic N) is 4. The van der Waals surface area contributed by atoms with Crippen LogP contribution in [-0.4, -0.2) is 25.8 Å². The Bertz CT molecular complexity index is 714. The number of aromatic nitrogens is 4. The quantitative estimate of drug-likeness (QED) is 0.797. The van der Waals surface area contributed by atoms with E-state index in [9.17, 15) is 4.79 Å². The molecule has 1 N–H and O–H groups in total. The van der Waals surface area contributed by atoms with Crippen molar-refractivity contribution in [1.29, 1.82) is 0 Å². The van der Waals surface area contributed by atoms with Crippen molar-refractivity contribution in [3.63, 3.8) is 0 Å². The number of hydrogen-bond donors (Lipinski definition) is 1. The van der Waals surface area contributed by atoms with Crippen LogP contribution in [0.25, 0.3) is 10.7 Å². The molecule has 0 fully saturated rings. The van der Waals surface area contributed by atoms with Gasteiger partial charge in [0.25, 0.3) is 5.91 Å².